The third kappa shape index (κ3) is 3.66. The quantitative estimate of drug-likeness (QED) is 0.896. The van der Waals surface area contributed by atoms with Crippen LogP contribution in [0.2, 0.25) is 0 Å². The molecular weight excluding hydrogens is 328 g/mol. The fourth-order valence-corrected chi connectivity index (χ4v) is 4.91. The topological polar surface area (TPSA) is 53.0 Å². The number of amides is 1. The molecule has 5 nitrogen and oxygen atoms in total. The molecule has 142 valence electrons. The summed E-state index contributed by atoms with van der Waals surface area (Å²) in [6, 6.07) is 9.91. The minimum absolute atomic E-state index is 0.152. The van der Waals surface area contributed by atoms with Crippen LogP contribution in [-0.4, -0.2) is 72.4 Å². The zero-order chi connectivity index (χ0) is 18.0. The van der Waals surface area contributed by atoms with Crippen molar-refractivity contribution < 1.29 is 14.6 Å². The molecule has 5 heteroatoms. The first kappa shape index (κ1) is 18.0. The molecule has 0 radical (unpaired) electrons. The molecule has 1 spiro atoms. The second-order valence-electron chi connectivity index (χ2n) is 8.27. The largest absolute Gasteiger partial charge is 0.395 e. The maximum Gasteiger partial charge on any atom is 0.253 e. The lowest BCUT2D eigenvalue weighted by molar-refractivity contribution is 0.0401. The smallest absolute Gasteiger partial charge is 0.253 e. The highest BCUT2D eigenvalue weighted by molar-refractivity contribution is 5.94. The van der Waals surface area contributed by atoms with Crippen LogP contribution >= 0.6 is 0 Å². The van der Waals surface area contributed by atoms with Gasteiger partial charge in [0.25, 0.3) is 5.91 Å². The Morgan fingerprint density at radius 2 is 1.96 bits per heavy atom. The van der Waals surface area contributed by atoms with E-state index in [1.165, 1.54) is 6.42 Å². The van der Waals surface area contributed by atoms with Crippen LogP contribution in [0.3, 0.4) is 0 Å². The Bertz CT molecular complexity index is 613. The number of carbonyl (C=O) groups is 1. The first-order chi connectivity index (χ1) is 12.7. The van der Waals surface area contributed by atoms with Crippen LogP contribution in [0.1, 0.15) is 42.5 Å². The van der Waals surface area contributed by atoms with E-state index in [9.17, 15) is 9.90 Å². The minimum Gasteiger partial charge on any atom is -0.395 e. The lowest BCUT2D eigenvalue weighted by atomic mass is 9.76. The Morgan fingerprint density at radius 3 is 2.69 bits per heavy atom. The van der Waals surface area contributed by atoms with Gasteiger partial charge in [-0.1, -0.05) is 18.2 Å². The summed E-state index contributed by atoms with van der Waals surface area (Å²) in [6.45, 7) is 4.76. The Balaban J connectivity index is 1.30. The summed E-state index contributed by atoms with van der Waals surface area (Å²) in [6.07, 6.45) is 5.72. The summed E-state index contributed by atoms with van der Waals surface area (Å²) in [7, 11) is 0. The Kier molecular flexibility index (Phi) is 5.30. The highest BCUT2D eigenvalue weighted by atomic mass is 16.5. The number of rotatable bonds is 4. The van der Waals surface area contributed by atoms with Gasteiger partial charge in [-0.2, -0.15) is 0 Å². The van der Waals surface area contributed by atoms with Crippen molar-refractivity contribution >= 4 is 5.91 Å². The summed E-state index contributed by atoms with van der Waals surface area (Å²) < 4.78 is 6.15. The lowest BCUT2D eigenvalue weighted by Crippen LogP contribution is -2.44. The number of benzene rings is 1. The van der Waals surface area contributed by atoms with Gasteiger partial charge >= 0.3 is 0 Å². The van der Waals surface area contributed by atoms with Crippen molar-refractivity contribution in [3.63, 3.8) is 0 Å². The van der Waals surface area contributed by atoms with Gasteiger partial charge in [-0.05, 0) is 56.2 Å². The van der Waals surface area contributed by atoms with Crippen LogP contribution in [0.5, 0.6) is 0 Å². The molecule has 0 bridgehead atoms. The molecule has 3 saturated heterocycles. The fraction of sp³-hybridized carbons (Fsp3) is 0.667. The molecule has 1 unspecified atom stereocenters. The van der Waals surface area contributed by atoms with Crippen molar-refractivity contribution in [2.24, 2.45) is 5.41 Å². The van der Waals surface area contributed by atoms with Crippen LogP contribution < -0.4 is 0 Å². The predicted octanol–water partition coefficient (Wildman–Crippen LogP) is 2.15. The molecule has 0 aromatic heterocycles. The van der Waals surface area contributed by atoms with E-state index in [0.29, 0.717) is 6.04 Å². The molecule has 0 aliphatic carbocycles. The van der Waals surface area contributed by atoms with Gasteiger partial charge in [-0.3, -0.25) is 9.69 Å². The van der Waals surface area contributed by atoms with Crippen LogP contribution in [-0.2, 0) is 4.74 Å². The van der Waals surface area contributed by atoms with Gasteiger partial charge in [-0.15, -0.1) is 0 Å². The standard InChI is InChI=1S/C21H30N2O3/c24-15-18-7-4-10-23(18)14-19-13-21(16-26-19)8-11-22(12-9-21)20(25)17-5-2-1-3-6-17/h1-3,5-6,18-19,24H,4,7-16H2/t18-,19?/m0/s1. The first-order valence-corrected chi connectivity index (χ1v) is 10.00. The average molecular weight is 358 g/mol. The van der Waals surface area contributed by atoms with E-state index < -0.39 is 0 Å². The zero-order valence-corrected chi connectivity index (χ0v) is 15.5. The number of ether oxygens (including phenoxy) is 1. The molecular formula is C21H30N2O3. The Hall–Kier alpha value is -1.43. The summed E-state index contributed by atoms with van der Waals surface area (Å²) in [4.78, 5) is 17.0. The molecule has 1 amide bonds. The first-order valence-electron chi connectivity index (χ1n) is 10.00. The second kappa shape index (κ2) is 7.67. The van der Waals surface area contributed by atoms with Crippen molar-refractivity contribution in [1.82, 2.24) is 9.80 Å². The van der Waals surface area contributed by atoms with Crippen molar-refractivity contribution in [2.75, 3.05) is 39.4 Å². The monoisotopic (exact) mass is 358 g/mol. The average Bonchev–Trinajstić information content (AvgIpc) is 3.30. The number of hydrogen-bond acceptors (Lipinski definition) is 4. The number of nitrogens with zero attached hydrogens (tertiary/aromatic N) is 2. The SMILES string of the molecule is O=C(c1ccccc1)N1CCC2(CC1)COC(CN1CCC[C@H]1CO)C2. The molecule has 3 fully saturated rings. The van der Waals surface area contributed by atoms with E-state index >= 15 is 0 Å². The van der Waals surface area contributed by atoms with Gasteiger partial charge in [-0.25, -0.2) is 0 Å². The molecule has 3 heterocycles. The van der Waals surface area contributed by atoms with Gasteiger partial charge in [0.15, 0.2) is 0 Å². The normalized spacial score (nSPS) is 28.7. The van der Waals surface area contributed by atoms with Crippen LogP contribution in [0.4, 0.5) is 0 Å². The predicted molar refractivity (Wildman–Crippen MR) is 100 cm³/mol. The number of piperidine rings is 1. The summed E-state index contributed by atoms with van der Waals surface area (Å²) in [5.74, 6) is 0.152. The fourth-order valence-electron chi connectivity index (χ4n) is 4.91. The maximum atomic E-state index is 12.6. The van der Waals surface area contributed by atoms with E-state index in [4.69, 9.17) is 4.74 Å². The van der Waals surface area contributed by atoms with E-state index in [1.54, 1.807) is 0 Å². The van der Waals surface area contributed by atoms with E-state index in [2.05, 4.69) is 4.90 Å². The molecule has 3 aliphatic heterocycles. The molecule has 3 aliphatic rings. The number of hydrogen-bond donors (Lipinski definition) is 1. The lowest BCUT2D eigenvalue weighted by Gasteiger charge is -2.38. The summed E-state index contributed by atoms with van der Waals surface area (Å²) in [5.41, 5.74) is 1.03. The summed E-state index contributed by atoms with van der Waals surface area (Å²) >= 11 is 0. The number of likely N-dealkylation sites (tertiary alicyclic amines) is 2. The van der Waals surface area contributed by atoms with Crippen LogP contribution in [0.25, 0.3) is 0 Å². The minimum atomic E-state index is 0.152. The molecule has 1 aromatic rings. The highest BCUT2D eigenvalue weighted by Crippen LogP contribution is 2.42. The van der Waals surface area contributed by atoms with E-state index in [1.807, 2.05) is 35.2 Å². The molecule has 1 N–H and O–H groups in total. The molecule has 0 saturated carbocycles. The van der Waals surface area contributed by atoms with Gasteiger partial charge < -0.3 is 14.7 Å². The van der Waals surface area contributed by atoms with Gasteiger partial charge in [0.05, 0.1) is 19.3 Å². The van der Waals surface area contributed by atoms with Crippen molar-refractivity contribution in [1.29, 1.82) is 0 Å². The van der Waals surface area contributed by atoms with Crippen molar-refractivity contribution in [3.05, 3.63) is 35.9 Å². The van der Waals surface area contributed by atoms with E-state index in [-0.39, 0.29) is 24.0 Å². The van der Waals surface area contributed by atoms with E-state index in [0.717, 1.165) is 64.0 Å². The number of aliphatic hydroxyl groups excluding tert-OH is 1. The number of carbonyl (C=O) groups excluding carboxylic acids is 1. The Morgan fingerprint density at radius 1 is 1.19 bits per heavy atom. The molecule has 26 heavy (non-hydrogen) atoms. The molecule has 4 rings (SSSR count). The van der Waals surface area contributed by atoms with Gasteiger partial charge in [0.1, 0.15) is 0 Å². The second-order valence-corrected chi connectivity index (χ2v) is 8.27. The van der Waals surface area contributed by atoms with Gasteiger partial charge in [0.2, 0.25) is 0 Å². The highest BCUT2D eigenvalue weighted by Gasteiger charge is 2.44. The molecule has 2 atom stereocenters. The van der Waals surface area contributed by atoms with Crippen molar-refractivity contribution in [2.45, 2.75) is 44.2 Å². The summed E-state index contributed by atoms with van der Waals surface area (Å²) in [5, 5.41) is 9.51. The van der Waals surface area contributed by atoms with Crippen molar-refractivity contribution in [3.8, 4) is 0 Å². The maximum absolute atomic E-state index is 12.6. The van der Waals surface area contributed by atoms with Gasteiger partial charge in [0, 0.05) is 31.2 Å². The molecule has 1 aromatic carbocycles. The Labute approximate surface area is 155 Å². The van der Waals surface area contributed by atoms with Crippen LogP contribution in [0, 0.1) is 5.41 Å². The van der Waals surface area contributed by atoms with Crippen LogP contribution in [0.15, 0.2) is 30.3 Å². The number of aliphatic hydroxyl groups is 1. The zero-order valence-electron chi connectivity index (χ0n) is 15.5. The third-order valence-electron chi connectivity index (χ3n) is 6.57. The third-order valence-corrected chi connectivity index (χ3v) is 6.57.